The lowest BCUT2D eigenvalue weighted by atomic mass is 10.1. The highest BCUT2D eigenvalue weighted by atomic mass is 35.5. The van der Waals surface area contributed by atoms with Crippen LogP contribution >= 0.6 is 11.6 Å². The van der Waals surface area contributed by atoms with Gasteiger partial charge in [0.05, 0.1) is 29.6 Å². The Hall–Kier alpha value is -3.96. The number of methoxy groups -OCH3 is 2. The van der Waals surface area contributed by atoms with Crippen LogP contribution in [0.25, 0.3) is 5.69 Å². The number of benzene rings is 1. The Kier molecular flexibility index (Phi) is 7.51. The molecule has 4 rings (SSSR count). The number of hydrogen-bond donors (Lipinski definition) is 2. The van der Waals surface area contributed by atoms with E-state index in [1.807, 2.05) is 0 Å². The number of nitrogens with one attached hydrogen (secondary N) is 2. The van der Waals surface area contributed by atoms with Crippen LogP contribution < -0.4 is 20.9 Å². The van der Waals surface area contributed by atoms with Crippen molar-refractivity contribution in [2.24, 2.45) is 0 Å². The van der Waals surface area contributed by atoms with E-state index in [1.54, 1.807) is 12.1 Å². The normalized spacial score (nSPS) is 17.1. The third-order valence-electron chi connectivity index (χ3n) is 5.74. The van der Waals surface area contributed by atoms with Crippen LogP contribution in [0.15, 0.2) is 59.7 Å². The zero-order chi connectivity index (χ0) is 25.8. The molecule has 12 heteroatoms. The van der Waals surface area contributed by atoms with Crippen molar-refractivity contribution in [2.75, 3.05) is 31.4 Å². The van der Waals surface area contributed by atoms with E-state index in [4.69, 9.17) is 21.1 Å². The average Bonchev–Trinajstić information content (AvgIpc) is 3.32. The minimum atomic E-state index is -0.915. The summed E-state index contributed by atoms with van der Waals surface area (Å²) in [6, 6.07) is 8.69. The molecule has 1 aliphatic heterocycles. The van der Waals surface area contributed by atoms with Crippen molar-refractivity contribution in [2.45, 2.75) is 18.6 Å². The number of likely N-dealkylation sites (tertiary alicyclic amines) is 1. The summed E-state index contributed by atoms with van der Waals surface area (Å²) < 4.78 is 26.5. The maximum Gasteiger partial charge on any atom is 0.323 e. The van der Waals surface area contributed by atoms with Crippen molar-refractivity contribution < 1.29 is 23.5 Å². The highest BCUT2D eigenvalue weighted by Crippen LogP contribution is 2.25. The van der Waals surface area contributed by atoms with E-state index in [9.17, 15) is 18.8 Å². The van der Waals surface area contributed by atoms with Gasteiger partial charge in [0, 0.05) is 38.5 Å². The molecule has 2 aromatic heterocycles. The Bertz CT molecular complexity index is 1330. The molecule has 3 heterocycles. The van der Waals surface area contributed by atoms with Crippen LogP contribution in [0.1, 0.15) is 6.42 Å². The van der Waals surface area contributed by atoms with Gasteiger partial charge in [-0.3, -0.25) is 19.5 Å². The quantitative estimate of drug-likeness (QED) is 0.520. The highest BCUT2D eigenvalue weighted by Gasteiger charge is 2.40. The van der Waals surface area contributed by atoms with Crippen molar-refractivity contribution in [3.05, 3.63) is 76.1 Å². The third-order valence-corrected chi connectivity index (χ3v) is 5.97. The van der Waals surface area contributed by atoms with Crippen LogP contribution in [0.5, 0.6) is 5.75 Å². The van der Waals surface area contributed by atoms with Gasteiger partial charge in [-0.1, -0.05) is 11.6 Å². The number of hydrogen-bond acceptors (Lipinski definition) is 6. The van der Waals surface area contributed by atoms with Gasteiger partial charge in [0.2, 0.25) is 5.91 Å². The predicted octanol–water partition coefficient (Wildman–Crippen LogP) is 3.29. The van der Waals surface area contributed by atoms with Crippen LogP contribution in [-0.4, -0.2) is 59.3 Å². The minimum absolute atomic E-state index is 0.0970. The minimum Gasteiger partial charge on any atom is -0.491 e. The molecule has 1 aliphatic rings. The molecule has 0 bridgehead atoms. The van der Waals surface area contributed by atoms with E-state index in [0.717, 1.165) is 6.07 Å². The van der Waals surface area contributed by atoms with Gasteiger partial charge in [0.25, 0.3) is 5.56 Å². The molecule has 2 N–H and O–H groups in total. The van der Waals surface area contributed by atoms with Gasteiger partial charge in [-0.05, 0) is 36.4 Å². The summed E-state index contributed by atoms with van der Waals surface area (Å²) in [7, 11) is 2.85. The molecular formula is C24H23ClFN5O5. The summed E-state index contributed by atoms with van der Waals surface area (Å²) in [5.74, 6) is -0.965. The van der Waals surface area contributed by atoms with Crippen molar-refractivity contribution in [3.63, 3.8) is 0 Å². The van der Waals surface area contributed by atoms with Crippen LogP contribution in [0.3, 0.4) is 0 Å². The number of halogens is 2. The zero-order valence-corrected chi connectivity index (χ0v) is 20.2. The second-order valence-corrected chi connectivity index (χ2v) is 8.39. The SMILES string of the molecule is COc1cccn(-c2ccc(NC(=O)[C@H]3C[C@@H](OC)CN3C(=O)Nc3ccc(Cl)cn3)c(F)c2)c1=O. The molecule has 188 valence electrons. The molecule has 3 aromatic rings. The number of urea groups is 1. The number of nitrogens with zero attached hydrogens (tertiary/aromatic N) is 3. The van der Waals surface area contributed by atoms with E-state index in [2.05, 4.69) is 15.6 Å². The van der Waals surface area contributed by atoms with Gasteiger partial charge in [-0.15, -0.1) is 0 Å². The molecular weight excluding hydrogens is 493 g/mol. The van der Waals surface area contributed by atoms with Gasteiger partial charge in [-0.25, -0.2) is 14.2 Å². The standard InChI is InChI=1S/C24H23ClFN5O5/c1-35-16-11-19(31(13-16)24(34)29-21-8-5-14(25)12-27-21)22(32)28-18-7-6-15(10-17(18)26)30-9-3-4-20(36-2)23(30)33/h3-10,12,16,19H,11,13H2,1-2H3,(H,28,32)(H,27,29,34)/t16-,19-/m1/s1. The Labute approximate surface area is 210 Å². The Balaban J connectivity index is 1.51. The number of anilines is 2. The Morgan fingerprint density at radius 3 is 2.64 bits per heavy atom. The van der Waals surface area contributed by atoms with Gasteiger partial charge in [0.1, 0.15) is 17.7 Å². The molecule has 0 aliphatic carbocycles. The van der Waals surface area contributed by atoms with Gasteiger partial charge in [0.15, 0.2) is 5.75 Å². The Morgan fingerprint density at radius 1 is 1.17 bits per heavy atom. The van der Waals surface area contributed by atoms with Gasteiger partial charge in [-0.2, -0.15) is 0 Å². The molecule has 1 saturated heterocycles. The number of aromatic nitrogens is 2. The van der Waals surface area contributed by atoms with Gasteiger partial charge < -0.3 is 19.7 Å². The Morgan fingerprint density at radius 2 is 1.97 bits per heavy atom. The number of amides is 3. The second kappa shape index (κ2) is 10.8. The zero-order valence-electron chi connectivity index (χ0n) is 19.4. The lowest BCUT2D eigenvalue weighted by molar-refractivity contribution is -0.119. The third kappa shape index (κ3) is 5.31. The van der Waals surface area contributed by atoms with Crippen molar-refractivity contribution in [1.82, 2.24) is 14.5 Å². The summed E-state index contributed by atoms with van der Waals surface area (Å²) in [4.78, 5) is 43.7. The maximum atomic E-state index is 14.9. The molecule has 10 nitrogen and oxygen atoms in total. The summed E-state index contributed by atoms with van der Waals surface area (Å²) in [6.45, 7) is 0.161. The number of pyridine rings is 2. The topological polar surface area (TPSA) is 115 Å². The fourth-order valence-corrected chi connectivity index (χ4v) is 3.99. The molecule has 0 unspecified atom stereocenters. The first-order valence-corrected chi connectivity index (χ1v) is 11.3. The van der Waals surface area contributed by atoms with Crippen molar-refractivity contribution >= 4 is 35.0 Å². The van der Waals surface area contributed by atoms with Crippen molar-refractivity contribution in [3.8, 4) is 11.4 Å². The second-order valence-electron chi connectivity index (χ2n) is 7.96. The lowest BCUT2D eigenvalue weighted by Crippen LogP contribution is -2.45. The summed E-state index contributed by atoms with van der Waals surface area (Å²) in [5.41, 5.74) is -0.295. The van der Waals surface area contributed by atoms with Gasteiger partial charge >= 0.3 is 6.03 Å². The van der Waals surface area contributed by atoms with Crippen LogP contribution in [0.4, 0.5) is 20.7 Å². The first kappa shape index (κ1) is 25.1. The van der Waals surface area contributed by atoms with Crippen LogP contribution in [-0.2, 0) is 9.53 Å². The first-order valence-electron chi connectivity index (χ1n) is 10.9. The monoisotopic (exact) mass is 515 g/mol. The lowest BCUT2D eigenvalue weighted by Gasteiger charge is -2.24. The summed E-state index contributed by atoms with van der Waals surface area (Å²) in [6.07, 6.45) is 2.71. The first-order chi connectivity index (χ1) is 17.3. The average molecular weight is 516 g/mol. The largest absolute Gasteiger partial charge is 0.491 e. The number of ether oxygens (including phenoxy) is 2. The smallest absolute Gasteiger partial charge is 0.323 e. The van der Waals surface area contributed by atoms with Crippen LogP contribution in [0, 0.1) is 5.82 Å². The summed E-state index contributed by atoms with van der Waals surface area (Å²) in [5, 5.41) is 5.57. The van der Waals surface area contributed by atoms with E-state index >= 15 is 0 Å². The van der Waals surface area contributed by atoms with Crippen molar-refractivity contribution in [1.29, 1.82) is 0 Å². The van der Waals surface area contributed by atoms with E-state index in [0.29, 0.717) is 5.02 Å². The van der Waals surface area contributed by atoms with E-state index in [1.165, 1.54) is 60.3 Å². The van der Waals surface area contributed by atoms with E-state index in [-0.39, 0.29) is 42.0 Å². The number of carbonyl (C=O) groups excluding carboxylic acids is 2. The summed E-state index contributed by atoms with van der Waals surface area (Å²) >= 11 is 5.83. The number of carbonyl (C=O) groups is 2. The molecule has 1 aromatic carbocycles. The molecule has 0 spiro atoms. The predicted molar refractivity (Wildman–Crippen MR) is 131 cm³/mol. The molecule has 1 fully saturated rings. The molecule has 0 saturated carbocycles. The van der Waals surface area contributed by atoms with Crippen LogP contribution in [0.2, 0.25) is 5.02 Å². The van der Waals surface area contributed by atoms with E-state index < -0.39 is 29.4 Å². The molecule has 3 amide bonds. The maximum absolute atomic E-state index is 14.9. The fourth-order valence-electron chi connectivity index (χ4n) is 3.88. The fraction of sp³-hybridized carbons (Fsp3) is 0.250. The highest BCUT2D eigenvalue weighted by molar-refractivity contribution is 6.30. The molecule has 2 atom stereocenters. The molecule has 36 heavy (non-hydrogen) atoms. The number of rotatable bonds is 6. The molecule has 0 radical (unpaired) electrons.